The first-order chi connectivity index (χ1) is 14.1. The van der Waals surface area contributed by atoms with E-state index in [0.717, 1.165) is 16.3 Å². The summed E-state index contributed by atoms with van der Waals surface area (Å²) in [7, 11) is 1.61. The second kappa shape index (κ2) is 8.45. The van der Waals surface area contributed by atoms with Gasteiger partial charge in [0.15, 0.2) is 11.5 Å². The molecule has 2 aromatic heterocycles. The number of rotatable bonds is 6. The number of para-hydroxylation sites is 2. The van der Waals surface area contributed by atoms with Gasteiger partial charge in [-0.3, -0.25) is 0 Å². The maximum Gasteiger partial charge on any atom is 0.161 e. The van der Waals surface area contributed by atoms with Crippen molar-refractivity contribution in [3.05, 3.63) is 68.7 Å². The number of benzene rings is 2. The highest BCUT2D eigenvalue weighted by molar-refractivity contribution is 7.09. The first-order valence-electron chi connectivity index (χ1n) is 8.69. The number of aryl methyl sites for hydroxylation is 1. The maximum atomic E-state index is 6.37. The first-order valence-corrected chi connectivity index (χ1v) is 10.3. The van der Waals surface area contributed by atoms with Crippen molar-refractivity contribution in [1.29, 1.82) is 0 Å². The molecular formula is C21H16Cl2N2O3S. The summed E-state index contributed by atoms with van der Waals surface area (Å²) in [5, 5.41) is 7.93. The normalized spacial score (nSPS) is 10.9. The Morgan fingerprint density at radius 1 is 1.00 bits per heavy atom. The summed E-state index contributed by atoms with van der Waals surface area (Å²) in [5.41, 5.74) is 2.70. The van der Waals surface area contributed by atoms with E-state index in [2.05, 4.69) is 5.16 Å². The van der Waals surface area contributed by atoms with Gasteiger partial charge in [-0.25, -0.2) is 4.98 Å². The summed E-state index contributed by atoms with van der Waals surface area (Å²) < 4.78 is 16.6. The summed E-state index contributed by atoms with van der Waals surface area (Å²) in [6.07, 6.45) is 0. The topological polar surface area (TPSA) is 57.4 Å². The highest BCUT2D eigenvalue weighted by Crippen LogP contribution is 2.41. The molecule has 4 aromatic rings. The number of halogens is 2. The Kier molecular flexibility index (Phi) is 5.76. The van der Waals surface area contributed by atoms with Gasteiger partial charge in [0, 0.05) is 10.9 Å². The molecule has 2 heterocycles. The lowest BCUT2D eigenvalue weighted by Gasteiger charge is -2.08. The molecule has 2 aromatic carbocycles. The average Bonchev–Trinajstić information content (AvgIpc) is 3.33. The van der Waals surface area contributed by atoms with Crippen molar-refractivity contribution in [3.8, 4) is 34.0 Å². The van der Waals surface area contributed by atoms with Crippen LogP contribution in [0, 0.1) is 6.92 Å². The summed E-state index contributed by atoms with van der Waals surface area (Å²) in [6, 6.07) is 12.8. The molecule has 0 aliphatic heterocycles. The van der Waals surface area contributed by atoms with E-state index < -0.39 is 0 Å². The fourth-order valence-corrected chi connectivity index (χ4v) is 4.21. The zero-order chi connectivity index (χ0) is 20.4. The van der Waals surface area contributed by atoms with Crippen molar-refractivity contribution in [3.63, 3.8) is 0 Å². The smallest absolute Gasteiger partial charge is 0.161 e. The first kappa shape index (κ1) is 19.8. The van der Waals surface area contributed by atoms with E-state index in [0.29, 0.717) is 45.2 Å². The van der Waals surface area contributed by atoms with Crippen molar-refractivity contribution < 1.29 is 14.0 Å². The van der Waals surface area contributed by atoms with E-state index in [1.165, 1.54) is 11.3 Å². The van der Waals surface area contributed by atoms with Crippen LogP contribution in [0.15, 0.2) is 52.4 Å². The molecule has 0 fully saturated rings. The summed E-state index contributed by atoms with van der Waals surface area (Å²) in [4.78, 5) is 4.70. The number of nitrogens with zero attached hydrogens (tertiary/aromatic N) is 2. The molecule has 4 rings (SSSR count). The number of ether oxygens (including phenoxy) is 2. The predicted octanol–water partition coefficient (Wildman–Crippen LogP) is 6.67. The summed E-state index contributed by atoms with van der Waals surface area (Å²) in [6.45, 7) is 2.15. The Labute approximate surface area is 181 Å². The van der Waals surface area contributed by atoms with Gasteiger partial charge in [0.1, 0.15) is 23.1 Å². The van der Waals surface area contributed by atoms with E-state index in [-0.39, 0.29) is 0 Å². The average molecular weight is 447 g/mol. The highest BCUT2D eigenvalue weighted by atomic mass is 35.5. The lowest BCUT2D eigenvalue weighted by molar-refractivity contribution is 0.284. The molecule has 0 saturated carbocycles. The van der Waals surface area contributed by atoms with Crippen molar-refractivity contribution >= 4 is 34.5 Å². The molecule has 148 valence electrons. The van der Waals surface area contributed by atoms with Gasteiger partial charge in [-0.1, -0.05) is 46.6 Å². The van der Waals surface area contributed by atoms with Crippen LogP contribution in [-0.2, 0) is 6.61 Å². The van der Waals surface area contributed by atoms with Gasteiger partial charge in [0.2, 0.25) is 0 Å². The third-order valence-electron chi connectivity index (χ3n) is 4.29. The number of thiazole rings is 1. The molecule has 0 N–H and O–H groups in total. The van der Waals surface area contributed by atoms with Crippen LogP contribution in [0.1, 0.15) is 10.8 Å². The predicted molar refractivity (Wildman–Crippen MR) is 115 cm³/mol. The standard InChI is InChI=1S/C21H16Cl2N2O3S/c1-12-19(21(25-28-12)20-13(22)6-5-7-14(20)23)15-11-29-18(24-15)10-27-17-9-4-3-8-16(17)26-2/h3-9,11H,10H2,1-2H3. The zero-order valence-corrected chi connectivity index (χ0v) is 17.9. The quantitative estimate of drug-likeness (QED) is 0.331. The molecule has 0 bridgehead atoms. The fraction of sp³-hybridized carbons (Fsp3) is 0.143. The second-order valence-corrected chi connectivity index (χ2v) is 7.88. The molecule has 0 spiro atoms. The third kappa shape index (κ3) is 3.96. The minimum Gasteiger partial charge on any atom is -0.493 e. The van der Waals surface area contributed by atoms with Gasteiger partial charge >= 0.3 is 0 Å². The lowest BCUT2D eigenvalue weighted by Crippen LogP contribution is -1.97. The van der Waals surface area contributed by atoms with Crippen LogP contribution in [0.5, 0.6) is 11.5 Å². The van der Waals surface area contributed by atoms with Crippen molar-refractivity contribution in [2.24, 2.45) is 0 Å². The van der Waals surface area contributed by atoms with Crippen LogP contribution in [0.3, 0.4) is 0 Å². The minimum atomic E-state index is 0.317. The molecule has 0 amide bonds. The van der Waals surface area contributed by atoms with Gasteiger partial charge in [-0.2, -0.15) is 0 Å². The number of aromatic nitrogens is 2. The van der Waals surface area contributed by atoms with E-state index >= 15 is 0 Å². The van der Waals surface area contributed by atoms with Gasteiger partial charge in [-0.15, -0.1) is 11.3 Å². The minimum absolute atomic E-state index is 0.317. The SMILES string of the molecule is COc1ccccc1OCc1nc(-c2c(-c3c(Cl)cccc3Cl)noc2C)cs1. The van der Waals surface area contributed by atoms with E-state index in [1.54, 1.807) is 25.3 Å². The molecule has 0 radical (unpaired) electrons. The van der Waals surface area contributed by atoms with Gasteiger partial charge in [0.05, 0.1) is 28.4 Å². The lowest BCUT2D eigenvalue weighted by atomic mass is 10.0. The maximum absolute atomic E-state index is 6.37. The molecule has 8 heteroatoms. The fourth-order valence-electron chi connectivity index (χ4n) is 2.94. The second-order valence-electron chi connectivity index (χ2n) is 6.13. The molecule has 5 nitrogen and oxygen atoms in total. The number of hydrogen-bond donors (Lipinski definition) is 0. The molecule has 0 unspecified atom stereocenters. The Morgan fingerprint density at radius 3 is 2.45 bits per heavy atom. The molecule has 0 atom stereocenters. The van der Waals surface area contributed by atoms with Crippen LogP contribution in [0.2, 0.25) is 10.0 Å². The molecule has 29 heavy (non-hydrogen) atoms. The van der Waals surface area contributed by atoms with E-state index in [9.17, 15) is 0 Å². The molecule has 0 aliphatic rings. The molecule has 0 saturated heterocycles. The zero-order valence-electron chi connectivity index (χ0n) is 15.6. The Bertz CT molecular complexity index is 1140. The number of methoxy groups -OCH3 is 1. The van der Waals surface area contributed by atoms with Crippen molar-refractivity contribution in [1.82, 2.24) is 10.1 Å². The van der Waals surface area contributed by atoms with Crippen molar-refractivity contribution in [2.75, 3.05) is 7.11 Å². The summed E-state index contributed by atoms with van der Waals surface area (Å²) >= 11 is 14.2. The van der Waals surface area contributed by atoms with Crippen LogP contribution in [-0.4, -0.2) is 17.3 Å². The largest absolute Gasteiger partial charge is 0.493 e. The Morgan fingerprint density at radius 2 is 1.72 bits per heavy atom. The van der Waals surface area contributed by atoms with Crippen LogP contribution in [0.25, 0.3) is 22.5 Å². The Hall–Kier alpha value is -2.54. The van der Waals surface area contributed by atoms with Crippen LogP contribution >= 0.6 is 34.5 Å². The molecule has 0 aliphatic carbocycles. The number of hydrogen-bond acceptors (Lipinski definition) is 6. The van der Waals surface area contributed by atoms with Crippen LogP contribution in [0.4, 0.5) is 0 Å². The third-order valence-corrected chi connectivity index (χ3v) is 5.74. The monoisotopic (exact) mass is 446 g/mol. The Balaban J connectivity index is 1.63. The molecular weight excluding hydrogens is 431 g/mol. The van der Waals surface area contributed by atoms with Crippen molar-refractivity contribution in [2.45, 2.75) is 13.5 Å². The van der Waals surface area contributed by atoms with Gasteiger partial charge in [0.25, 0.3) is 0 Å². The van der Waals surface area contributed by atoms with E-state index in [4.69, 9.17) is 42.2 Å². The van der Waals surface area contributed by atoms with Gasteiger partial charge < -0.3 is 14.0 Å². The summed E-state index contributed by atoms with van der Waals surface area (Å²) in [5.74, 6) is 1.98. The van der Waals surface area contributed by atoms with E-state index in [1.807, 2.05) is 36.6 Å². The van der Waals surface area contributed by atoms with Gasteiger partial charge in [-0.05, 0) is 31.2 Å². The van der Waals surface area contributed by atoms with Crippen LogP contribution < -0.4 is 9.47 Å². The highest BCUT2D eigenvalue weighted by Gasteiger charge is 2.23.